The number of hydrogen-bond acceptors (Lipinski definition) is 7. The molecule has 19 heavy (non-hydrogen) atoms. The van der Waals surface area contributed by atoms with E-state index in [0.29, 0.717) is 6.42 Å². The summed E-state index contributed by atoms with van der Waals surface area (Å²) in [5.74, 6) is -0.0521. The number of hydrogen-bond donors (Lipinski definition) is 1. The van der Waals surface area contributed by atoms with Crippen LogP contribution in [0.15, 0.2) is 12.3 Å². The first-order valence-electron chi connectivity index (χ1n) is 5.30. The molecule has 1 aromatic rings. The summed E-state index contributed by atoms with van der Waals surface area (Å²) in [4.78, 5) is 14.0. The van der Waals surface area contributed by atoms with Gasteiger partial charge in [0, 0.05) is 19.0 Å². The van der Waals surface area contributed by atoms with Gasteiger partial charge in [-0.25, -0.2) is 13.4 Å². The summed E-state index contributed by atoms with van der Waals surface area (Å²) in [5, 5.41) is 22.3. The standard InChI is InChI=1S/C10H12N4O4S/c1-19(17,18)6-2-4-12-10-9(14(15)16)8(7-11)3-5-13-10/h3,5H,2,4,6H2,1H3,(H,12,13). The maximum atomic E-state index is 10.9. The predicted octanol–water partition coefficient (Wildman–Crippen LogP) is 0.708. The SMILES string of the molecule is CS(=O)(=O)CCCNc1nccc(C#N)c1[N+](=O)[O-]. The van der Waals surface area contributed by atoms with Crippen LogP contribution >= 0.6 is 0 Å². The van der Waals surface area contributed by atoms with E-state index in [2.05, 4.69) is 10.3 Å². The molecule has 0 amide bonds. The van der Waals surface area contributed by atoms with E-state index < -0.39 is 20.4 Å². The second-order valence-electron chi connectivity index (χ2n) is 3.83. The van der Waals surface area contributed by atoms with E-state index in [1.54, 1.807) is 6.07 Å². The van der Waals surface area contributed by atoms with Crippen LogP contribution in [-0.4, -0.2) is 36.9 Å². The first-order valence-corrected chi connectivity index (χ1v) is 7.36. The summed E-state index contributed by atoms with van der Waals surface area (Å²) in [7, 11) is -3.06. The minimum absolute atomic E-state index is 0.0221. The summed E-state index contributed by atoms with van der Waals surface area (Å²) >= 11 is 0. The van der Waals surface area contributed by atoms with Crippen molar-refractivity contribution in [1.29, 1.82) is 5.26 Å². The Hall–Kier alpha value is -2.21. The minimum Gasteiger partial charge on any atom is -0.364 e. The average molecular weight is 284 g/mol. The van der Waals surface area contributed by atoms with Gasteiger partial charge in [-0.3, -0.25) is 10.1 Å². The molecule has 0 aliphatic heterocycles. The molecule has 1 rings (SSSR count). The molecule has 8 nitrogen and oxygen atoms in total. The first-order chi connectivity index (χ1) is 8.85. The van der Waals surface area contributed by atoms with Crippen LogP contribution in [0.5, 0.6) is 0 Å². The Balaban J connectivity index is 2.79. The largest absolute Gasteiger partial charge is 0.364 e. The van der Waals surface area contributed by atoms with Gasteiger partial charge in [0.05, 0.1) is 10.7 Å². The number of nitrogens with zero attached hydrogens (tertiary/aromatic N) is 3. The van der Waals surface area contributed by atoms with Gasteiger partial charge in [0.25, 0.3) is 0 Å². The van der Waals surface area contributed by atoms with E-state index >= 15 is 0 Å². The minimum atomic E-state index is -3.06. The molecule has 1 N–H and O–H groups in total. The van der Waals surface area contributed by atoms with Gasteiger partial charge in [0.15, 0.2) is 0 Å². The normalized spacial score (nSPS) is 10.7. The van der Waals surface area contributed by atoms with Crippen LogP contribution < -0.4 is 5.32 Å². The van der Waals surface area contributed by atoms with Gasteiger partial charge in [-0.05, 0) is 12.5 Å². The highest BCUT2D eigenvalue weighted by Crippen LogP contribution is 2.25. The van der Waals surface area contributed by atoms with Crippen LogP contribution in [0.25, 0.3) is 0 Å². The first kappa shape index (κ1) is 14.8. The van der Waals surface area contributed by atoms with Crippen molar-refractivity contribution in [2.24, 2.45) is 0 Å². The molecule has 0 aromatic carbocycles. The molecular formula is C10H12N4O4S. The van der Waals surface area contributed by atoms with E-state index in [1.807, 2.05) is 0 Å². The van der Waals surface area contributed by atoms with E-state index in [9.17, 15) is 18.5 Å². The average Bonchev–Trinajstić information content (AvgIpc) is 2.32. The maximum Gasteiger partial charge on any atom is 0.328 e. The van der Waals surface area contributed by atoms with Crippen LogP contribution in [0.4, 0.5) is 11.5 Å². The summed E-state index contributed by atoms with van der Waals surface area (Å²) in [6.45, 7) is 0.218. The van der Waals surface area contributed by atoms with Gasteiger partial charge in [0.2, 0.25) is 5.82 Å². The number of nitrogens with one attached hydrogen (secondary N) is 1. The van der Waals surface area contributed by atoms with Crippen LogP contribution in [0.2, 0.25) is 0 Å². The monoisotopic (exact) mass is 284 g/mol. The highest BCUT2D eigenvalue weighted by molar-refractivity contribution is 7.90. The van der Waals surface area contributed by atoms with Crippen molar-refractivity contribution in [1.82, 2.24) is 4.98 Å². The molecule has 0 saturated heterocycles. The Bertz CT molecular complexity index is 621. The van der Waals surface area contributed by atoms with Crippen molar-refractivity contribution < 1.29 is 13.3 Å². The van der Waals surface area contributed by atoms with Gasteiger partial charge in [-0.2, -0.15) is 5.26 Å². The smallest absolute Gasteiger partial charge is 0.328 e. The molecular weight excluding hydrogens is 272 g/mol. The summed E-state index contributed by atoms with van der Waals surface area (Å²) in [5.41, 5.74) is -0.491. The van der Waals surface area contributed by atoms with Crippen molar-refractivity contribution in [3.63, 3.8) is 0 Å². The lowest BCUT2D eigenvalue weighted by molar-refractivity contribution is -0.384. The lowest BCUT2D eigenvalue weighted by Gasteiger charge is -2.06. The molecule has 1 aromatic heterocycles. The van der Waals surface area contributed by atoms with Gasteiger partial charge in [-0.15, -0.1) is 0 Å². The molecule has 0 radical (unpaired) electrons. The molecule has 0 fully saturated rings. The molecule has 0 bridgehead atoms. The molecule has 1 heterocycles. The molecule has 0 unspecified atom stereocenters. The summed E-state index contributed by atoms with van der Waals surface area (Å²) < 4.78 is 21.8. The van der Waals surface area contributed by atoms with E-state index in [0.717, 1.165) is 6.26 Å². The van der Waals surface area contributed by atoms with Crippen molar-refractivity contribution in [3.05, 3.63) is 27.9 Å². The predicted molar refractivity (Wildman–Crippen MR) is 68.4 cm³/mol. The van der Waals surface area contributed by atoms with Crippen molar-refractivity contribution >= 4 is 21.3 Å². The Labute approximate surface area is 110 Å². The van der Waals surface area contributed by atoms with Gasteiger partial charge in [-0.1, -0.05) is 0 Å². The van der Waals surface area contributed by atoms with Crippen LogP contribution in [0.1, 0.15) is 12.0 Å². The zero-order valence-electron chi connectivity index (χ0n) is 10.2. The molecule has 0 spiro atoms. The fourth-order valence-electron chi connectivity index (χ4n) is 1.40. The molecule has 102 valence electrons. The second kappa shape index (κ2) is 6.10. The number of rotatable bonds is 6. The Morgan fingerprint density at radius 1 is 1.58 bits per heavy atom. The number of nitriles is 1. The molecule has 9 heteroatoms. The lowest BCUT2D eigenvalue weighted by Crippen LogP contribution is -2.12. The third kappa shape index (κ3) is 4.51. The van der Waals surface area contributed by atoms with Gasteiger partial charge >= 0.3 is 5.69 Å². The number of aromatic nitrogens is 1. The lowest BCUT2D eigenvalue weighted by atomic mass is 10.2. The van der Waals surface area contributed by atoms with Gasteiger partial charge < -0.3 is 5.32 Å². The third-order valence-electron chi connectivity index (χ3n) is 2.21. The van der Waals surface area contributed by atoms with E-state index in [4.69, 9.17) is 5.26 Å². The fraction of sp³-hybridized carbons (Fsp3) is 0.400. The quantitative estimate of drug-likeness (QED) is 0.463. The highest BCUT2D eigenvalue weighted by atomic mass is 32.2. The Kier molecular flexibility index (Phi) is 4.77. The van der Waals surface area contributed by atoms with E-state index in [1.165, 1.54) is 12.3 Å². The number of nitro groups is 1. The summed E-state index contributed by atoms with van der Waals surface area (Å²) in [6, 6.07) is 2.96. The Morgan fingerprint density at radius 2 is 2.26 bits per heavy atom. The number of sulfone groups is 1. The molecule has 0 aliphatic carbocycles. The van der Waals surface area contributed by atoms with Crippen molar-refractivity contribution in [2.45, 2.75) is 6.42 Å². The molecule has 0 aliphatic rings. The van der Waals surface area contributed by atoms with E-state index in [-0.39, 0.29) is 23.7 Å². The maximum absolute atomic E-state index is 10.9. The highest BCUT2D eigenvalue weighted by Gasteiger charge is 2.20. The Morgan fingerprint density at radius 3 is 2.79 bits per heavy atom. The topological polar surface area (TPSA) is 126 Å². The fourth-order valence-corrected chi connectivity index (χ4v) is 2.07. The van der Waals surface area contributed by atoms with Crippen molar-refractivity contribution in [2.75, 3.05) is 23.9 Å². The van der Waals surface area contributed by atoms with Gasteiger partial charge in [0.1, 0.15) is 21.5 Å². The zero-order valence-corrected chi connectivity index (χ0v) is 11.0. The van der Waals surface area contributed by atoms with Crippen LogP contribution in [0, 0.1) is 21.4 Å². The summed E-state index contributed by atoms with van der Waals surface area (Å²) in [6.07, 6.45) is 2.70. The third-order valence-corrected chi connectivity index (χ3v) is 3.24. The second-order valence-corrected chi connectivity index (χ2v) is 6.09. The number of anilines is 1. The zero-order chi connectivity index (χ0) is 14.5. The molecule has 0 atom stereocenters. The van der Waals surface area contributed by atoms with Crippen molar-refractivity contribution in [3.8, 4) is 6.07 Å². The molecule has 0 saturated carbocycles. The van der Waals surface area contributed by atoms with Crippen LogP contribution in [-0.2, 0) is 9.84 Å². The van der Waals surface area contributed by atoms with Crippen LogP contribution in [0.3, 0.4) is 0 Å². The number of pyridine rings is 1.